The molecule has 0 bridgehead atoms. The van der Waals surface area contributed by atoms with Crippen LogP contribution in [0.1, 0.15) is 98.8 Å². The largest absolute Gasteiger partial charge is 0.352 e. The smallest absolute Gasteiger partial charge is 0.220 e. The van der Waals surface area contributed by atoms with Crippen LogP contribution in [-0.2, 0) is 4.79 Å². The fourth-order valence-corrected chi connectivity index (χ4v) is 8.59. The summed E-state index contributed by atoms with van der Waals surface area (Å²) in [4.78, 5) is 12.1. The quantitative estimate of drug-likeness (QED) is 0.509. The third kappa shape index (κ3) is 3.51. The highest BCUT2D eigenvalue weighted by Gasteiger charge is 2.61. The van der Waals surface area contributed by atoms with Gasteiger partial charge in [0.1, 0.15) is 0 Å². The normalized spacial score (nSPS) is 45.4. The predicted octanol–water partition coefficient (Wildman–Crippen LogP) is 6.75. The van der Waals surface area contributed by atoms with Crippen molar-refractivity contribution >= 4 is 5.91 Å². The molecule has 0 aromatic carbocycles. The summed E-state index contributed by atoms with van der Waals surface area (Å²) in [5.74, 6) is 5.08. The fourth-order valence-electron chi connectivity index (χ4n) is 8.59. The van der Waals surface area contributed by atoms with Crippen LogP contribution < -0.4 is 5.32 Å². The Morgan fingerprint density at radius 2 is 1.76 bits per heavy atom. The van der Waals surface area contributed by atoms with Gasteiger partial charge in [0.25, 0.3) is 0 Å². The van der Waals surface area contributed by atoms with Gasteiger partial charge in [0.05, 0.1) is 0 Å². The number of rotatable bonds is 5. The first-order valence-electron chi connectivity index (χ1n) is 12.6. The molecule has 0 aromatic heterocycles. The average molecular weight is 400 g/mol. The van der Waals surface area contributed by atoms with Crippen molar-refractivity contribution in [3.8, 4) is 0 Å². The number of amides is 1. The number of piperidine rings is 1. The highest BCUT2D eigenvalue weighted by molar-refractivity contribution is 5.77. The molecule has 8 atom stereocenters. The summed E-state index contributed by atoms with van der Waals surface area (Å²) in [6, 6.07) is 0.328. The van der Waals surface area contributed by atoms with Gasteiger partial charge in [0.2, 0.25) is 5.91 Å². The minimum absolute atomic E-state index is 0.260. The van der Waals surface area contributed by atoms with E-state index in [1.54, 1.807) is 0 Å². The van der Waals surface area contributed by atoms with Crippen LogP contribution in [0.2, 0.25) is 0 Å². The van der Waals surface area contributed by atoms with Crippen LogP contribution in [-0.4, -0.2) is 11.9 Å². The molecule has 0 spiro atoms. The molecule has 2 heteroatoms. The predicted molar refractivity (Wildman–Crippen MR) is 121 cm³/mol. The molecule has 3 aliphatic carbocycles. The Hall–Kier alpha value is -0.790. The Labute approximate surface area is 179 Å². The lowest BCUT2D eigenvalue weighted by Crippen LogP contribution is -2.61. The molecule has 164 valence electrons. The Morgan fingerprint density at radius 3 is 2.48 bits per heavy atom. The van der Waals surface area contributed by atoms with Crippen molar-refractivity contribution in [3.05, 3.63) is 12.2 Å². The number of hydrogen-bond donors (Lipinski definition) is 1. The van der Waals surface area contributed by atoms with Gasteiger partial charge in [-0.05, 0) is 84.9 Å². The van der Waals surface area contributed by atoms with Gasteiger partial charge in [0.15, 0.2) is 0 Å². The Balaban J connectivity index is 1.52. The molecule has 4 aliphatic rings. The maximum absolute atomic E-state index is 12.1. The van der Waals surface area contributed by atoms with Gasteiger partial charge in [-0.25, -0.2) is 0 Å². The second-order valence-corrected chi connectivity index (χ2v) is 12.3. The van der Waals surface area contributed by atoms with Crippen molar-refractivity contribution in [1.29, 1.82) is 0 Å². The summed E-state index contributed by atoms with van der Waals surface area (Å²) in [7, 11) is 0. The zero-order valence-electron chi connectivity index (χ0n) is 19.7. The van der Waals surface area contributed by atoms with Crippen LogP contribution in [0.15, 0.2) is 12.2 Å². The van der Waals surface area contributed by atoms with Crippen LogP contribution in [0.5, 0.6) is 0 Å². The number of nitrogens with one attached hydrogen (secondary N) is 1. The molecule has 1 N–H and O–H groups in total. The summed E-state index contributed by atoms with van der Waals surface area (Å²) in [5.41, 5.74) is 2.24. The SMILES string of the molecule is C=C1C[C@H]2NC(=O)CC[C@]2(C)C2CC[C@@]3(C)C(CC[C@@H]3C(C)CCCC(C)C)C12. The first-order valence-corrected chi connectivity index (χ1v) is 12.6. The van der Waals surface area contributed by atoms with E-state index in [-0.39, 0.29) is 11.3 Å². The van der Waals surface area contributed by atoms with E-state index in [0.717, 1.165) is 48.9 Å². The minimum Gasteiger partial charge on any atom is -0.352 e. The second kappa shape index (κ2) is 7.72. The lowest BCUT2D eigenvalue weighted by atomic mass is 9.45. The summed E-state index contributed by atoms with van der Waals surface area (Å²) < 4.78 is 0. The van der Waals surface area contributed by atoms with Crippen LogP contribution in [0.3, 0.4) is 0 Å². The Morgan fingerprint density at radius 1 is 1.03 bits per heavy atom. The van der Waals surface area contributed by atoms with Gasteiger partial charge >= 0.3 is 0 Å². The van der Waals surface area contributed by atoms with E-state index < -0.39 is 0 Å². The fraction of sp³-hybridized carbons (Fsp3) is 0.889. The molecule has 29 heavy (non-hydrogen) atoms. The van der Waals surface area contributed by atoms with Gasteiger partial charge in [0, 0.05) is 12.5 Å². The molecule has 1 saturated heterocycles. The zero-order chi connectivity index (χ0) is 21.0. The van der Waals surface area contributed by atoms with E-state index in [4.69, 9.17) is 0 Å². The molecule has 1 aliphatic heterocycles. The summed E-state index contributed by atoms with van der Waals surface area (Å²) in [6.45, 7) is 17.0. The zero-order valence-corrected chi connectivity index (χ0v) is 19.7. The van der Waals surface area contributed by atoms with E-state index in [1.807, 2.05) is 0 Å². The van der Waals surface area contributed by atoms with Crippen molar-refractivity contribution in [2.24, 2.45) is 46.3 Å². The van der Waals surface area contributed by atoms with E-state index in [9.17, 15) is 4.79 Å². The van der Waals surface area contributed by atoms with Gasteiger partial charge in [-0.1, -0.05) is 66.0 Å². The number of hydrogen-bond acceptors (Lipinski definition) is 1. The Kier molecular flexibility index (Phi) is 5.71. The number of carbonyl (C=O) groups excluding carboxylic acids is 1. The van der Waals surface area contributed by atoms with Crippen LogP contribution in [0.4, 0.5) is 0 Å². The van der Waals surface area contributed by atoms with Crippen molar-refractivity contribution in [2.75, 3.05) is 0 Å². The number of carbonyl (C=O) groups is 1. The first kappa shape index (κ1) is 21.4. The van der Waals surface area contributed by atoms with Crippen LogP contribution in [0.25, 0.3) is 0 Å². The monoisotopic (exact) mass is 399 g/mol. The summed E-state index contributed by atoms with van der Waals surface area (Å²) in [5, 5.41) is 3.35. The van der Waals surface area contributed by atoms with Gasteiger partial charge in [-0.3, -0.25) is 4.79 Å². The molecular formula is C27H45NO. The molecular weight excluding hydrogens is 354 g/mol. The molecule has 1 amide bonds. The Bertz CT molecular complexity index is 653. The lowest BCUT2D eigenvalue weighted by Gasteiger charge is -2.61. The topological polar surface area (TPSA) is 29.1 Å². The summed E-state index contributed by atoms with van der Waals surface area (Å²) >= 11 is 0. The maximum atomic E-state index is 12.1. The lowest BCUT2D eigenvalue weighted by molar-refractivity contribution is -0.133. The molecule has 0 aromatic rings. The second-order valence-electron chi connectivity index (χ2n) is 12.3. The average Bonchev–Trinajstić information content (AvgIpc) is 3.00. The molecule has 4 rings (SSSR count). The molecule has 3 saturated carbocycles. The van der Waals surface area contributed by atoms with Crippen LogP contribution in [0, 0.1) is 46.3 Å². The molecule has 4 fully saturated rings. The van der Waals surface area contributed by atoms with Crippen LogP contribution >= 0.6 is 0 Å². The number of fused-ring (bicyclic) bond motifs is 5. The molecule has 4 unspecified atom stereocenters. The third-order valence-corrected chi connectivity index (χ3v) is 10.3. The van der Waals surface area contributed by atoms with Crippen molar-refractivity contribution in [1.82, 2.24) is 5.32 Å². The van der Waals surface area contributed by atoms with E-state index >= 15 is 0 Å². The van der Waals surface area contributed by atoms with E-state index in [2.05, 4.69) is 46.5 Å². The van der Waals surface area contributed by atoms with Gasteiger partial charge in [-0.2, -0.15) is 0 Å². The van der Waals surface area contributed by atoms with Gasteiger partial charge in [-0.15, -0.1) is 0 Å². The van der Waals surface area contributed by atoms with Crippen molar-refractivity contribution in [3.63, 3.8) is 0 Å². The molecule has 0 radical (unpaired) electrons. The maximum Gasteiger partial charge on any atom is 0.220 e. The highest BCUT2D eigenvalue weighted by atomic mass is 16.1. The van der Waals surface area contributed by atoms with Gasteiger partial charge < -0.3 is 5.32 Å². The standard InChI is InChI=1S/C27H45NO/c1-17(2)8-7-9-18(3)20-10-11-21-25-19(4)16-23-27(6,15-13-24(29)28-23)22(25)12-14-26(20,21)5/h17-18,20-23,25H,4,7-16H2,1-3,5-6H3,(H,28,29)/t18?,20-,21?,22?,23-,25?,26-,27-/m1/s1. The summed E-state index contributed by atoms with van der Waals surface area (Å²) in [6.07, 6.45) is 12.6. The first-order chi connectivity index (χ1) is 13.7. The molecule has 1 heterocycles. The van der Waals surface area contributed by atoms with Crippen molar-refractivity contribution < 1.29 is 4.79 Å². The molecule has 2 nitrogen and oxygen atoms in total. The highest BCUT2D eigenvalue weighted by Crippen LogP contribution is 2.67. The van der Waals surface area contributed by atoms with Crippen molar-refractivity contribution in [2.45, 2.75) is 105 Å². The minimum atomic E-state index is 0.260. The van der Waals surface area contributed by atoms with E-state index in [0.29, 0.717) is 17.4 Å². The third-order valence-electron chi connectivity index (χ3n) is 10.3. The van der Waals surface area contributed by atoms with E-state index in [1.165, 1.54) is 50.5 Å².